The fourth-order valence-corrected chi connectivity index (χ4v) is 1.72. The zero-order chi connectivity index (χ0) is 8.86. The van der Waals surface area contributed by atoms with E-state index in [2.05, 4.69) is 0 Å². The van der Waals surface area contributed by atoms with Gasteiger partial charge in [-0.3, -0.25) is 0 Å². The fraction of sp³-hybridized carbons (Fsp3) is 1.00. The molecule has 66 valence electrons. The van der Waals surface area contributed by atoms with Crippen LogP contribution in [0.5, 0.6) is 0 Å². The van der Waals surface area contributed by atoms with Crippen LogP contribution in [0.2, 0.25) is 0 Å². The minimum Gasteiger partial charge on any atom is -0.233 e. The lowest BCUT2D eigenvalue weighted by Gasteiger charge is -2.22. The van der Waals surface area contributed by atoms with Gasteiger partial charge in [-0.05, 0) is 6.92 Å². The monoisotopic (exact) mass is 192 g/mol. The van der Waals surface area contributed by atoms with Gasteiger partial charge in [0.1, 0.15) is 0 Å². The lowest BCUT2D eigenvalue weighted by molar-refractivity contribution is -0.149. The highest BCUT2D eigenvalue weighted by Gasteiger charge is 2.69. The summed E-state index contributed by atoms with van der Waals surface area (Å²) in [5, 5.41) is 0. The van der Waals surface area contributed by atoms with Gasteiger partial charge < -0.3 is 0 Å². The molecule has 0 aromatic carbocycles. The van der Waals surface area contributed by atoms with Crippen molar-refractivity contribution in [3.05, 3.63) is 0 Å². The molecule has 3 unspecified atom stereocenters. The number of rotatable bonds is 0. The van der Waals surface area contributed by atoms with E-state index < -0.39 is 22.6 Å². The summed E-state index contributed by atoms with van der Waals surface area (Å²) < 4.78 is 61.9. The van der Waals surface area contributed by atoms with E-state index in [4.69, 9.17) is 0 Å². The first-order valence-electron chi connectivity index (χ1n) is 2.80. The van der Waals surface area contributed by atoms with Crippen molar-refractivity contribution in [2.45, 2.75) is 29.5 Å². The average Bonchev–Trinajstić information content (AvgIpc) is 1.95. The Hall–Kier alpha value is -0.0000000000000000555. The molecule has 0 aromatic rings. The van der Waals surface area contributed by atoms with Crippen LogP contribution in [0.15, 0.2) is 0 Å². The molecule has 0 aromatic heterocycles. The van der Waals surface area contributed by atoms with E-state index in [1.165, 1.54) is 0 Å². The summed E-state index contributed by atoms with van der Waals surface area (Å²) in [4.78, 5) is 0. The summed E-state index contributed by atoms with van der Waals surface area (Å²) >= 11 is -0.324. The van der Waals surface area contributed by atoms with Gasteiger partial charge in [0.05, 0.1) is 0 Å². The quantitative estimate of drug-likeness (QED) is 0.532. The van der Waals surface area contributed by atoms with Crippen LogP contribution in [0, 0.1) is 0 Å². The molecule has 0 saturated carbocycles. The number of thioether (sulfide) groups is 1. The molecular weight excluding hydrogens is 187 g/mol. The van der Waals surface area contributed by atoms with Gasteiger partial charge in [0.25, 0.3) is 0 Å². The average molecular weight is 192 g/mol. The third-order valence-corrected chi connectivity index (χ3v) is 2.82. The first kappa shape index (κ1) is 9.09. The Bertz CT molecular complexity index is 150. The van der Waals surface area contributed by atoms with E-state index in [1.807, 2.05) is 0 Å². The summed E-state index contributed by atoms with van der Waals surface area (Å²) in [6, 6.07) is 0. The first-order chi connectivity index (χ1) is 4.80. The SMILES string of the molecule is CC1(F)C(F)SC(F)C1(F)F. The number of hydrogen-bond donors (Lipinski definition) is 0. The molecule has 6 heteroatoms. The van der Waals surface area contributed by atoms with Crippen molar-refractivity contribution in [2.75, 3.05) is 0 Å². The maximum absolute atomic E-state index is 12.6. The van der Waals surface area contributed by atoms with Crippen molar-refractivity contribution in [1.29, 1.82) is 0 Å². The van der Waals surface area contributed by atoms with E-state index in [1.54, 1.807) is 0 Å². The van der Waals surface area contributed by atoms with Crippen molar-refractivity contribution >= 4 is 11.8 Å². The molecule has 0 amide bonds. The van der Waals surface area contributed by atoms with Crippen LogP contribution in [0.4, 0.5) is 22.0 Å². The van der Waals surface area contributed by atoms with Gasteiger partial charge in [0, 0.05) is 0 Å². The Morgan fingerprint density at radius 1 is 1.09 bits per heavy atom. The summed E-state index contributed by atoms with van der Waals surface area (Å²) in [5.74, 6) is -4.23. The van der Waals surface area contributed by atoms with E-state index in [9.17, 15) is 22.0 Å². The molecule has 1 rings (SSSR count). The summed E-state index contributed by atoms with van der Waals surface area (Å²) in [7, 11) is 0. The van der Waals surface area contributed by atoms with Crippen LogP contribution in [-0.2, 0) is 0 Å². The molecule has 0 N–H and O–H groups in total. The molecule has 1 aliphatic rings. The minimum absolute atomic E-state index is 0.324. The Balaban J connectivity index is 2.95. The van der Waals surface area contributed by atoms with Crippen molar-refractivity contribution in [2.24, 2.45) is 0 Å². The van der Waals surface area contributed by atoms with Crippen LogP contribution in [0.1, 0.15) is 6.92 Å². The van der Waals surface area contributed by atoms with Gasteiger partial charge in [-0.25, -0.2) is 13.2 Å². The van der Waals surface area contributed by atoms with Crippen LogP contribution in [0.3, 0.4) is 0 Å². The second kappa shape index (κ2) is 2.24. The standard InChI is InChI=1S/C5H5F5S/c1-4(8)2(6)11-3(7)5(4,9)10/h2-3H,1H3. The lowest BCUT2D eigenvalue weighted by Crippen LogP contribution is -2.45. The van der Waals surface area contributed by atoms with Gasteiger partial charge in [0.2, 0.25) is 11.2 Å². The molecule has 11 heavy (non-hydrogen) atoms. The largest absolute Gasteiger partial charge is 0.324 e. The molecule has 0 bridgehead atoms. The molecule has 3 atom stereocenters. The first-order valence-corrected chi connectivity index (χ1v) is 3.74. The van der Waals surface area contributed by atoms with Crippen molar-refractivity contribution in [3.63, 3.8) is 0 Å². The Labute approximate surface area is 64.1 Å². The minimum atomic E-state index is -4.23. The summed E-state index contributed by atoms with van der Waals surface area (Å²) in [6.07, 6.45) is 0. The molecule has 0 nitrogen and oxygen atoms in total. The lowest BCUT2D eigenvalue weighted by atomic mass is 10.0. The maximum Gasteiger partial charge on any atom is 0.324 e. The zero-order valence-corrected chi connectivity index (χ0v) is 6.27. The van der Waals surface area contributed by atoms with E-state index in [0.717, 1.165) is 0 Å². The molecule has 1 heterocycles. The van der Waals surface area contributed by atoms with Crippen LogP contribution in [-0.4, -0.2) is 22.6 Å². The Morgan fingerprint density at radius 2 is 1.55 bits per heavy atom. The number of hydrogen-bond acceptors (Lipinski definition) is 1. The smallest absolute Gasteiger partial charge is 0.233 e. The maximum atomic E-state index is 12.6. The number of alkyl halides is 5. The normalized spacial score (nSPS) is 49.6. The number of halogens is 5. The highest BCUT2D eigenvalue weighted by Crippen LogP contribution is 2.54. The predicted octanol–water partition coefficient (Wildman–Crippen LogP) is 2.69. The Morgan fingerprint density at radius 3 is 1.64 bits per heavy atom. The van der Waals surface area contributed by atoms with Crippen molar-refractivity contribution in [1.82, 2.24) is 0 Å². The molecule has 0 spiro atoms. The van der Waals surface area contributed by atoms with Gasteiger partial charge >= 0.3 is 5.92 Å². The van der Waals surface area contributed by atoms with E-state index in [0.29, 0.717) is 6.92 Å². The highest BCUT2D eigenvalue weighted by atomic mass is 32.2. The Kier molecular flexibility index (Phi) is 1.85. The molecule has 1 fully saturated rings. The molecule has 1 aliphatic heterocycles. The molecule has 1 saturated heterocycles. The summed E-state index contributed by atoms with van der Waals surface area (Å²) in [5.41, 5.74) is -8.67. The topological polar surface area (TPSA) is 0 Å². The zero-order valence-electron chi connectivity index (χ0n) is 5.45. The van der Waals surface area contributed by atoms with E-state index in [-0.39, 0.29) is 11.8 Å². The van der Waals surface area contributed by atoms with Crippen LogP contribution in [0.25, 0.3) is 0 Å². The fourth-order valence-electron chi connectivity index (χ4n) is 0.691. The van der Waals surface area contributed by atoms with Gasteiger partial charge in [-0.15, -0.1) is 0 Å². The van der Waals surface area contributed by atoms with Gasteiger partial charge in [-0.1, -0.05) is 11.8 Å². The van der Waals surface area contributed by atoms with Crippen LogP contribution < -0.4 is 0 Å². The third kappa shape index (κ3) is 1.02. The van der Waals surface area contributed by atoms with Crippen molar-refractivity contribution in [3.8, 4) is 0 Å². The van der Waals surface area contributed by atoms with E-state index >= 15 is 0 Å². The van der Waals surface area contributed by atoms with Gasteiger partial charge in [-0.2, -0.15) is 8.78 Å². The third-order valence-electron chi connectivity index (χ3n) is 1.60. The van der Waals surface area contributed by atoms with Crippen molar-refractivity contribution < 1.29 is 22.0 Å². The summed E-state index contributed by atoms with van der Waals surface area (Å²) in [6.45, 7) is 0.365. The molecule has 0 radical (unpaired) electrons. The molecular formula is C5H5F5S. The highest BCUT2D eigenvalue weighted by molar-refractivity contribution is 8.00. The second-order valence-electron chi connectivity index (χ2n) is 2.47. The predicted molar refractivity (Wildman–Crippen MR) is 31.8 cm³/mol. The van der Waals surface area contributed by atoms with Gasteiger partial charge in [0.15, 0.2) is 5.50 Å². The van der Waals surface area contributed by atoms with Crippen LogP contribution >= 0.6 is 11.8 Å². The molecule has 0 aliphatic carbocycles. The second-order valence-corrected chi connectivity index (χ2v) is 3.57.